The van der Waals surface area contributed by atoms with Crippen LogP contribution in [0.2, 0.25) is 0 Å². The highest BCUT2D eigenvalue weighted by atomic mass is 16.5. The van der Waals surface area contributed by atoms with Gasteiger partial charge in [0.05, 0.1) is 13.7 Å². The predicted molar refractivity (Wildman–Crippen MR) is 275 cm³/mol. The van der Waals surface area contributed by atoms with Gasteiger partial charge in [0.15, 0.2) is 5.96 Å². The number of aromatic hydroxyl groups is 1. The molecule has 1 fully saturated rings. The molecular weight excluding hydrogens is 939 g/mol. The Balaban J connectivity index is 1.41. The number of phenolic OH excluding ortho intramolecular Hbond substituents is 1. The molecule has 1 aliphatic heterocycles. The second-order valence-corrected chi connectivity index (χ2v) is 18.2. The number of guanidine groups is 1. The fraction of sp³-hybridized carbons (Fsp3) is 0.423. The molecule has 0 saturated carbocycles. The number of phenols is 1. The number of H-pyrrole nitrogens is 1. The van der Waals surface area contributed by atoms with Gasteiger partial charge in [0, 0.05) is 55.7 Å². The maximum Gasteiger partial charge on any atom is 0.245 e. The van der Waals surface area contributed by atoms with Crippen molar-refractivity contribution in [3.63, 3.8) is 0 Å². The monoisotopic (exact) mass is 1010 g/mol. The van der Waals surface area contributed by atoms with Crippen molar-refractivity contribution in [2.24, 2.45) is 22.4 Å². The van der Waals surface area contributed by atoms with Crippen LogP contribution in [-0.2, 0) is 46.4 Å². The molecule has 0 aliphatic carbocycles. The van der Waals surface area contributed by atoms with E-state index in [1.165, 1.54) is 36.3 Å². The standard InChI is InChI=1S/C52H69N11O10/c1-5-55-50(71)44-13-9-25-63(44)51(72)39(12-8-24-56-52(53)54)59-46(67)40(26-31(2)3)60-48(69)42(28-34-29-57-38-11-7-6-10-37(34)38)62-47(68)41(27-33-14-19-35(65)20-15-33)61-49(70)43(30-64)58-45(66)23-18-32-16-21-36(73-4)22-17-32/h6-7,10-11,14-23,29,31,39-44,57,64-65H,5,8-9,12-13,24-28,30H2,1-4H3,(H,55,71)(H,58,66)(H,59,67)(H,60,69)(H,61,70)(H,62,68)(H4,53,54,56)/b23-18-/t39-,40-,41-,42+,43-,44-/m0/s1. The summed E-state index contributed by atoms with van der Waals surface area (Å²) in [6.07, 6.45) is 5.70. The summed E-state index contributed by atoms with van der Waals surface area (Å²) < 4.78 is 5.17. The number of aliphatic hydroxyl groups is 1. The number of benzene rings is 3. The van der Waals surface area contributed by atoms with Crippen LogP contribution in [0.5, 0.6) is 11.5 Å². The minimum absolute atomic E-state index is 0.0452. The van der Waals surface area contributed by atoms with Gasteiger partial charge in [-0.25, -0.2) is 0 Å². The minimum atomic E-state index is -1.50. The smallest absolute Gasteiger partial charge is 0.245 e. The van der Waals surface area contributed by atoms with Crippen molar-refractivity contribution in [1.82, 2.24) is 41.8 Å². The van der Waals surface area contributed by atoms with Gasteiger partial charge in [0.1, 0.15) is 47.8 Å². The third-order valence-electron chi connectivity index (χ3n) is 12.2. The zero-order chi connectivity index (χ0) is 53.0. The molecule has 0 spiro atoms. The number of nitrogens with zero attached hydrogens (tertiary/aromatic N) is 2. The van der Waals surface area contributed by atoms with Crippen molar-refractivity contribution in [3.8, 4) is 11.5 Å². The molecule has 0 radical (unpaired) electrons. The number of rotatable bonds is 26. The zero-order valence-electron chi connectivity index (χ0n) is 41.7. The summed E-state index contributed by atoms with van der Waals surface area (Å²) in [5, 5.41) is 37.4. The SMILES string of the molecule is CCNC(=O)[C@@H]1CCCN1C(=O)[C@H](CCCN=C(N)N)NC(=O)[C@H](CC(C)C)NC(=O)[C@@H](Cc1c[nH]c2ccccc12)NC(=O)[C@H](Cc1ccc(O)cc1)NC(=O)[C@H](CO)NC(=O)/C=C\c1ccc(OC)cc1. The van der Waals surface area contributed by atoms with Crippen LogP contribution in [-0.4, -0.2) is 137 Å². The average Bonchev–Trinajstić information content (AvgIpc) is 4.03. The number of aromatic nitrogens is 1. The molecule has 4 aromatic rings. The predicted octanol–water partition coefficient (Wildman–Crippen LogP) is 1.02. The number of aliphatic hydroxyl groups excluding tert-OH is 1. The largest absolute Gasteiger partial charge is 0.508 e. The molecule has 392 valence electrons. The molecule has 0 unspecified atom stereocenters. The second kappa shape index (κ2) is 27.6. The Bertz CT molecular complexity index is 2580. The Labute approximate surface area is 424 Å². The van der Waals surface area contributed by atoms with E-state index in [0.29, 0.717) is 54.8 Å². The lowest BCUT2D eigenvalue weighted by Gasteiger charge is -2.30. The van der Waals surface area contributed by atoms with Crippen LogP contribution >= 0.6 is 0 Å². The minimum Gasteiger partial charge on any atom is -0.508 e. The number of likely N-dealkylation sites (tertiary alicyclic amines) is 1. The van der Waals surface area contributed by atoms with E-state index in [-0.39, 0.29) is 55.8 Å². The van der Waals surface area contributed by atoms with Crippen molar-refractivity contribution in [1.29, 1.82) is 0 Å². The normalized spacial score (nSPS) is 15.4. The highest BCUT2D eigenvalue weighted by Gasteiger charge is 2.39. The molecule has 3 aromatic carbocycles. The van der Waals surface area contributed by atoms with Gasteiger partial charge in [-0.1, -0.05) is 56.3 Å². The lowest BCUT2D eigenvalue weighted by atomic mass is 9.99. The van der Waals surface area contributed by atoms with Gasteiger partial charge in [-0.15, -0.1) is 0 Å². The summed E-state index contributed by atoms with van der Waals surface area (Å²) in [6.45, 7) is 5.49. The van der Waals surface area contributed by atoms with Crippen LogP contribution in [0.3, 0.4) is 0 Å². The molecule has 1 aromatic heterocycles. The molecule has 13 N–H and O–H groups in total. The van der Waals surface area contributed by atoms with Crippen molar-refractivity contribution < 1.29 is 48.5 Å². The van der Waals surface area contributed by atoms with Gasteiger partial charge in [-0.3, -0.25) is 38.6 Å². The van der Waals surface area contributed by atoms with Gasteiger partial charge >= 0.3 is 0 Å². The number of aliphatic imine (C=N–C) groups is 1. The van der Waals surface area contributed by atoms with Gasteiger partial charge < -0.3 is 68.2 Å². The van der Waals surface area contributed by atoms with E-state index in [2.05, 4.69) is 41.9 Å². The number of carbonyl (C=O) groups excluding carboxylic acids is 7. The van der Waals surface area contributed by atoms with E-state index in [0.717, 1.165) is 10.9 Å². The zero-order valence-corrected chi connectivity index (χ0v) is 41.7. The van der Waals surface area contributed by atoms with Crippen molar-refractivity contribution >= 4 is 64.3 Å². The molecule has 21 nitrogen and oxygen atoms in total. The fourth-order valence-corrected chi connectivity index (χ4v) is 8.46. The van der Waals surface area contributed by atoms with Crippen LogP contribution in [0.1, 0.15) is 69.6 Å². The number of methoxy groups -OCH3 is 1. The van der Waals surface area contributed by atoms with Gasteiger partial charge in [0.25, 0.3) is 0 Å². The molecular formula is C52H69N11O10. The number of nitrogens with one attached hydrogen (secondary N) is 7. The Morgan fingerprint density at radius 3 is 2.10 bits per heavy atom. The van der Waals surface area contributed by atoms with Crippen LogP contribution < -0.4 is 48.1 Å². The lowest BCUT2D eigenvalue weighted by Crippen LogP contribution is -2.60. The molecule has 1 saturated heterocycles. The fourth-order valence-electron chi connectivity index (χ4n) is 8.46. The Morgan fingerprint density at radius 1 is 0.822 bits per heavy atom. The number of fused-ring (bicyclic) bond motifs is 1. The van der Waals surface area contributed by atoms with Gasteiger partial charge in [-0.05, 0) is 98.0 Å². The van der Waals surface area contributed by atoms with Crippen molar-refractivity contribution in [2.45, 2.75) is 102 Å². The van der Waals surface area contributed by atoms with Crippen LogP contribution in [0, 0.1) is 5.92 Å². The molecule has 6 atom stereocenters. The van der Waals surface area contributed by atoms with E-state index in [1.54, 1.807) is 49.5 Å². The van der Waals surface area contributed by atoms with E-state index < -0.39 is 78.3 Å². The maximum absolute atomic E-state index is 14.8. The first-order chi connectivity index (χ1) is 35.0. The Kier molecular flexibility index (Phi) is 21.2. The number of amides is 7. The summed E-state index contributed by atoms with van der Waals surface area (Å²) in [5.74, 6) is -4.38. The van der Waals surface area contributed by atoms with E-state index in [4.69, 9.17) is 16.2 Å². The van der Waals surface area contributed by atoms with Crippen molar-refractivity contribution in [2.75, 3.05) is 33.4 Å². The summed E-state index contributed by atoms with van der Waals surface area (Å²) in [4.78, 5) is 107. The molecule has 21 heteroatoms. The molecule has 2 heterocycles. The highest BCUT2D eigenvalue weighted by molar-refractivity contribution is 5.99. The number of likely N-dealkylation sites (N-methyl/N-ethyl adjacent to an activating group) is 1. The number of ether oxygens (including phenoxy) is 1. The number of nitrogens with two attached hydrogens (primary N) is 2. The number of carbonyl (C=O) groups is 7. The number of aromatic amines is 1. The second-order valence-electron chi connectivity index (χ2n) is 18.2. The van der Waals surface area contributed by atoms with E-state index in [1.807, 2.05) is 38.1 Å². The Hall–Kier alpha value is -7.94. The van der Waals surface area contributed by atoms with Gasteiger partial charge in [-0.2, -0.15) is 0 Å². The first-order valence-electron chi connectivity index (χ1n) is 24.4. The summed E-state index contributed by atoms with van der Waals surface area (Å²) in [6, 6.07) is 12.7. The third kappa shape index (κ3) is 16.8. The first kappa shape index (κ1) is 56.0. The molecule has 5 rings (SSSR count). The van der Waals surface area contributed by atoms with Crippen molar-refractivity contribution in [3.05, 3.63) is 102 Å². The topological polar surface area (TPSA) is 325 Å². The molecule has 0 bridgehead atoms. The lowest BCUT2D eigenvalue weighted by molar-refractivity contribution is -0.142. The molecule has 73 heavy (non-hydrogen) atoms. The van der Waals surface area contributed by atoms with E-state index >= 15 is 0 Å². The quantitative estimate of drug-likeness (QED) is 0.0182. The number of hydrogen-bond donors (Lipinski definition) is 11. The summed E-state index contributed by atoms with van der Waals surface area (Å²) in [5.41, 5.74) is 13.7. The summed E-state index contributed by atoms with van der Waals surface area (Å²) >= 11 is 0. The molecule has 1 aliphatic rings. The highest BCUT2D eigenvalue weighted by Crippen LogP contribution is 2.22. The Morgan fingerprint density at radius 2 is 1.45 bits per heavy atom. The van der Waals surface area contributed by atoms with Gasteiger partial charge in [0.2, 0.25) is 41.4 Å². The van der Waals surface area contributed by atoms with Crippen LogP contribution in [0.4, 0.5) is 0 Å². The van der Waals surface area contributed by atoms with E-state index in [9.17, 15) is 43.8 Å². The maximum atomic E-state index is 14.8. The first-order valence-corrected chi connectivity index (χ1v) is 24.4. The third-order valence-corrected chi connectivity index (χ3v) is 12.2. The number of para-hydroxylation sites is 1. The molecule has 7 amide bonds. The van der Waals surface area contributed by atoms with Crippen LogP contribution in [0.25, 0.3) is 17.0 Å². The van der Waals surface area contributed by atoms with Crippen LogP contribution in [0.15, 0.2) is 90.1 Å². The average molecular weight is 1010 g/mol. The summed E-state index contributed by atoms with van der Waals surface area (Å²) in [7, 11) is 1.53. The number of hydrogen-bond acceptors (Lipinski definition) is 11.